The Balaban J connectivity index is 1.37. The Morgan fingerprint density at radius 1 is 0.610 bits per heavy atom. The largest absolute Gasteiger partial charge is 0.353 e. The average Bonchev–Trinajstić information content (AvgIpc) is 3.02. The zero-order valence-corrected chi connectivity index (χ0v) is 27.8. The molecule has 0 N–H and O–H groups in total. The summed E-state index contributed by atoms with van der Waals surface area (Å²) >= 11 is 4.26. The van der Waals surface area contributed by atoms with Gasteiger partial charge in [-0.2, -0.15) is 0 Å². The summed E-state index contributed by atoms with van der Waals surface area (Å²) in [5.41, 5.74) is 1.42. The van der Waals surface area contributed by atoms with Gasteiger partial charge in [-0.1, -0.05) is 93.8 Å². The number of hydrogen-bond acceptors (Lipinski definition) is 2. The van der Waals surface area contributed by atoms with Crippen molar-refractivity contribution < 1.29 is 9.47 Å². The predicted molar refractivity (Wildman–Crippen MR) is 185 cm³/mol. The fourth-order valence-electron chi connectivity index (χ4n) is 4.92. The molecule has 3 rings (SSSR count). The van der Waals surface area contributed by atoms with Crippen LogP contribution in [0.3, 0.4) is 0 Å². The molecule has 0 aliphatic carbocycles. The maximum Gasteiger partial charge on any atom is 0.181 e. The lowest BCUT2D eigenvalue weighted by Crippen LogP contribution is -2.26. The third kappa shape index (κ3) is 11.8. The van der Waals surface area contributed by atoms with E-state index in [2.05, 4.69) is 126 Å². The molecule has 3 aromatic rings. The van der Waals surface area contributed by atoms with Crippen molar-refractivity contribution in [2.45, 2.75) is 97.2 Å². The van der Waals surface area contributed by atoms with Crippen molar-refractivity contribution in [2.75, 3.05) is 13.2 Å². The SMILES string of the molecule is CCCCOC(CCCCC/C=C/CCCc1ccc([P+](Br)(c2ccccc2)c2ccccc2)cc1)OCCCC. The second-order valence-corrected chi connectivity index (χ2v) is 16.7. The molecule has 222 valence electrons. The van der Waals surface area contributed by atoms with Gasteiger partial charge in [0.25, 0.3) is 0 Å². The van der Waals surface area contributed by atoms with Crippen LogP contribution in [0.25, 0.3) is 0 Å². The lowest BCUT2D eigenvalue weighted by Gasteiger charge is -2.20. The first-order valence-corrected chi connectivity index (χ1v) is 19.7. The van der Waals surface area contributed by atoms with Crippen molar-refractivity contribution >= 4 is 37.4 Å². The summed E-state index contributed by atoms with van der Waals surface area (Å²) in [4.78, 5) is 0. The molecule has 4 heteroatoms. The van der Waals surface area contributed by atoms with E-state index in [0.717, 1.165) is 45.3 Å². The van der Waals surface area contributed by atoms with Crippen LogP contribution < -0.4 is 15.9 Å². The second-order valence-electron chi connectivity index (χ2n) is 10.8. The van der Waals surface area contributed by atoms with Gasteiger partial charge in [0.2, 0.25) is 0 Å². The van der Waals surface area contributed by atoms with Crippen LogP contribution in [0.1, 0.15) is 90.0 Å². The Bertz CT molecular complexity index is 1040. The zero-order valence-electron chi connectivity index (χ0n) is 25.4. The molecule has 0 unspecified atom stereocenters. The molecule has 3 aromatic carbocycles. The van der Waals surface area contributed by atoms with Gasteiger partial charge in [-0.3, -0.25) is 0 Å². The van der Waals surface area contributed by atoms with E-state index in [4.69, 9.17) is 9.47 Å². The Morgan fingerprint density at radius 2 is 1.12 bits per heavy atom. The maximum atomic E-state index is 5.96. The Hall–Kier alpha value is -1.77. The van der Waals surface area contributed by atoms with E-state index in [9.17, 15) is 0 Å². The predicted octanol–water partition coefficient (Wildman–Crippen LogP) is 10.1. The summed E-state index contributed by atoms with van der Waals surface area (Å²) in [5, 5.41) is 4.07. The number of benzene rings is 3. The van der Waals surface area contributed by atoms with Crippen LogP contribution in [-0.4, -0.2) is 19.5 Å². The minimum absolute atomic E-state index is 0.0118. The molecule has 2 nitrogen and oxygen atoms in total. The van der Waals surface area contributed by atoms with Crippen LogP contribution in [-0.2, 0) is 15.9 Å². The highest BCUT2D eigenvalue weighted by atomic mass is 79.9. The molecule has 0 atom stereocenters. The highest BCUT2D eigenvalue weighted by Gasteiger charge is 2.43. The molecule has 0 fully saturated rings. The van der Waals surface area contributed by atoms with Crippen molar-refractivity contribution in [3.05, 3.63) is 103 Å². The summed E-state index contributed by atoms with van der Waals surface area (Å²) < 4.78 is 11.9. The van der Waals surface area contributed by atoms with E-state index in [1.165, 1.54) is 66.4 Å². The maximum absolute atomic E-state index is 5.96. The topological polar surface area (TPSA) is 18.5 Å². The van der Waals surface area contributed by atoms with Crippen LogP contribution in [0.15, 0.2) is 97.1 Å². The van der Waals surface area contributed by atoms with Gasteiger partial charge in [0.15, 0.2) is 27.7 Å². The summed E-state index contributed by atoms with van der Waals surface area (Å²) in [6, 6.07) is 31.1. The van der Waals surface area contributed by atoms with Gasteiger partial charge < -0.3 is 9.47 Å². The zero-order chi connectivity index (χ0) is 29.0. The lowest BCUT2D eigenvalue weighted by atomic mass is 10.1. The Kier molecular flexibility index (Phi) is 16.6. The molecule has 0 saturated heterocycles. The molecule has 0 spiro atoms. The highest BCUT2D eigenvalue weighted by molar-refractivity contribution is 9.44. The second kappa shape index (κ2) is 20.2. The van der Waals surface area contributed by atoms with Crippen molar-refractivity contribution in [1.29, 1.82) is 0 Å². The summed E-state index contributed by atoms with van der Waals surface area (Å²) in [7, 11) is 0. The third-order valence-electron chi connectivity index (χ3n) is 7.43. The van der Waals surface area contributed by atoms with Crippen molar-refractivity contribution in [2.24, 2.45) is 0 Å². The molecule has 0 heterocycles. The van der Waals surface area contributed by atoms with Crippen molar-refractivity contribution in [1.82, 2.24) is 0 Å². The van der Waals surface area contributed by atoms with E-state index in [1.54, 1.807) is 0 Å². The quantitative estimate of drug-likeness (QED) is 0.0501. The van der Waals surface area contributed by atoms with Crippen LogP contribution in [0.4, 0.5) is 0 Å². The molecule has 0 amide bonds. The standard InChI is InChI=1S/C37H51BrO2P/c1-3-5-31-39-37(40-32-6-4-2)26-20-12-10-8-7-9-11-15-21-33-27-29-36(30-28-33)41(38,34-22-16-13-17-23-34)35-24-18-14-19-25-35/h7,9,13-14,16-19,22-25,27-30,37H,3-6,8,10-12,15,20-21,26,31-32H2,1-2H3/q+1/b9-7+. The third-order valence-corrected chi connectivity index (χ3v) is 14.1. The molecule has 0 aromatic heterocycles. The number of hydrogen-bond donors (Lipinski definition) is 0. The van der Waals surface area contributed by atoms with Crippen LogP contribution in [0.2, 0.25) is 0 Å². The van der Waals surface area contributed by atoms with Gasteiger partial charge in [0.05, 0.1) is 0 Å². The smallest absolute Gasteiger partial charge is 0.181 e. The monoisotopic (exact) mass is 637 g/mol. The van der Waals surface area contributed by atoms with E-state index in [-0.39, 0.29) is 6.29 Å². The molecular weight excluding hydrogens is 587 g/mol. The van der Waals surface area contributed by atoms with Crippen molar-refractivity contribution in [3.8, 4) is 0 Å². The molecule has 0 aliphatic heterocycles. The number of allylic oxidation sites excluding steroid dienone is 2. The molecular formula is C37H51BrO2P+. The van der Waals surface area contributed by atoms with E-state index in [0.29, 0.717) is 0 Å². The van der Waals surface area contributed by atoms with Gasteiger partial charge in [0.1, 0.15) is 15.9 Å². The molecule has 0 saturated carbocycles. The van der Waals surface area contributed by atoms with Crippen LogP contribution >= 0.6 is 21.5 Å². The highest BCUT2D eigenvalue weighted by Crippen LogP contribution is 2.62. The van der Waals surface area contributed by atoms with E-state index >= 15 is 0 Å². The van der Waals surface area contributed by atoms with E-state index < -0.39 is 5.96 Å². The Morgan fingerprint density at radius 3 is 1.66 bits per heavy atom. The molecule has 0 aliphatic rings. The van der Waals surface area contributed by atoms with E-state index in [1.807, 2.05) is 0 Å². The van der Waals surface area contributed by atoms with Gasteiger partial charge in [-0.15, -0.1) is 0 Å². The fourth-order valence-corrected chi connectivity index (χ4v) is 9.67. The van der Waals surface area contributed by atoms with Gasteiger partial charge in [-0.25, -0.2) is 0 Å². The van der Waals surface area contributed by atoms with Gasteiger partial charge in [-0.05, 0) is 99.7 Å². The van der Waals surface area contributed by atoms with Crippen LogP contribution in [0, 0.1) is 0 Å². The van der Waals surface area contributed by atoms with Gasteiger partial charge >= 0.3 is 0 Å². The average molecular weight is 639 g/mol. The first kappa shape index (κ1) is 33.7. The summed E-state index contributed by atoms with van der Waals surface area (Å²) in [6.45, 7) is 6.05. The number of aryl methyl sites for hydroxylation is 1. The molecule has 0 bridgehead atoms. The van der Waals surface area contributed by atoms with Crippen LogP contribution in [0.5, 0.6) is 0 Å². The summed E-state index contributed by atoms with van der Waals surface area (Å²) in [5.74, 6) is -1.83. The first-order valence-electron chi connectivity index (χ1n) is 15.9. The Labute approximate surface area is 259 Å². The number of halogens is 1. The van der Waals surface area contributed by atoms with Crippen molar-refractivity contribution in [3.63, 3.8) is 0 Å². The van der Waals surface area contributed by atoms with Gasteiger partial charge in [0, 0.05) is 13.2 Å². The molecule has 0 radical (unpaired) electrons. The molecule has 41 heavy (non-hydrogen) atoms. The number of unbranched alkanes of at least 4 members (excludes halogenated alkanes) is 6. The normalized spacial score (nSPS) is 12.0. The number of rotatable bonds is 21. The minimum Gasteiger partial charge on any atom is -0.353 e. The fraction of sp³-hybridized carbons (Fsp3) is 0.459. The minimum atomic E-state index is -1.83. The summed E-state index contributed by atoms with van der Waals surface area (Å²) in [6.07, 6.45) is 18.6. The lowest BCUT2D eigenvalue weighted by molar-refractivity contribution is -0.147. The first-order chi connectivity index (χ1) is 20.2. The number of ether oxygens (including phenoxy) is 2.